The number of benzene rings is 1. The van der Waals surface area contributed by atoms with E-state index in [2.05, 4.69) is 5.32 Å². The Balaban J connectivity index is 2.00. The Bertz CT molecular complexity index is 449. The largest absolute Gasteiger partial charge is 0.486 e. The van der Waals surface area contributed by atoms with Gasteiger partial charge in [-0.05, 0) is 17.7 Å². The van der Waals surface area contributed by atoms with E-state index >= 15 is 0 Å². The molecule has 4 nitrogen and oxygen atoms in total. The van der Waals surface area contributed by atoms with Crippen LogP contribution in [0.4, 0.5) is 0 Å². The Labute approximate surface area is 107 Å². The molecule has 0 aliphatic carbocycles. The van der Waals surface area contributed by atoms with Gasteiger partial charge in [0, 0.05) is 12.0 Å². The van der Waals surface area contributed by atoms with E-state index in [1.807, 2.05) is 39.0 Å². The van der Waals surface area contributed by atoms with E-state index in [9.17, 15) is 4.79 Å². The van der Waals surface area contributed by atoms with Crippen LogP contribution in [0.25, 0.3) is 0 Å². The summed E-state index contributed by atoms with van der Waals surface area (Å²) in [5.41, 5.74) is 0.644. The van der Waals surface area contributed by atoms with Crippen LogP contribution >= 0.6 is 0 Å². The average Bonchev–Trinajstić information content (AvgIpc) is 2.34. The molecule has 1 aromatic carbocycles. The third-order valence-corrected chi connectivity index (χ3v) is 2.74. The normalized spacial score (nSPS) is 14.2. The highest BCUT2D eigenvalue weighted by atomic mass is 16.6. The minimum absolute atomic E-state index is 0.0392. The van der Waals surface area contributed by atoms with E-state index in [1.54, 1.807) is 0 Å². The Kier molecular flexibility index (Phi) is 3.45. The molecule has 1 N–H and O–H groups in total. The molecule has 0 aromatic heterocycles. The predicted octanol–water partition coefficient (Wildman–Crippen LogP) is 2.12. The summed E-state index contributed by atoms with van der Waals surface area (Å²) in [6, 6.07) is 5.74. The molecule has 0 unspecified atom stereocenters. The van der Waals surface area contributed by atoms with Crippen LogP contribution < -0.4 is 14.8 Å². The SMILES string of the molecule is CC(C)(C)C(=O)NCc1ccc2c(c1)OCCO2. The molecule has 2 rings (SSSR count). The lowest BCUT2D eigenvalue weighted by Gasteiger charge is -2.20. The van der Waals surface area contributed by atoms with Crippen molar-refractivity contribution in [2.45, 2.75) is 27.3 Å². The van der Waals surface area contributed by atoms with Crippen molar-refractivity contribution in [2.24, 2.45) is 5.41 Å². The lowest BCUT2D eigenvalue weighted by Crippen LogP contribution is -2.34. The van der Waals surface area contributed by atoms with Crippen molar-refractivity contribution in [3.8, 4) is 11.5 Å². The van der Waals surface area contributed by atoms with Gasteiger partial charge in [0.1, 0.15) is 13.2 Å². The van der Waals surface area contributed by atoms with Gasteiger partial charge in [0.05, 0.1) is 0 Å². The third-order valence-electron chi connectivity index (χ3n) is 2.74. The first-order valence-electron chi connectivity index (χ1n) is 6.13. The molecule has 1 aromatic rings. The number of rotatable bonds is 2. The first kappa shape index (κ1) is 12.7. The summed E-state index contributed by atoms with van der Waals surface area (Å²) >= 11 is 0. The monoisotopic (exact) mass is 249 g/mol. The van der Waals surface area contributed by atoms with E-state index in [-0.39, 0.29) is 11.3 Å². The van der Waals surface area contributed by atoms with Gasteiger partial charge in [-0.25, -0.2) is 0 Å². The second-order valence-corrected chi connectivity index (χ2v) is 5.41. The molecule has 0 saturated heterocycles. The van der Waals surface area contributed by atoms with Gasteiger partial charge in [0.25, 0.3) is 0 Å². The van der Waals surface area contributed by atoms with Crippen LogP contribution in [0.15, 0.2) is 18.2 Å². The smallest absolute Gasteiger partial charge is 0.225 e. The second kappa shape index (κ2) is 4.88. The fourth-order valence-electron chi connectivity index (χ4n) is 1.65. The Morgan fingerprint density at radius 2 is 1.89 bits per heavy atom. The van der Waals surface area contributed by atoms with Crippen LogP contribution in [-0.4, -0.2) is 19.1 Å². The zero-order chi connectivity index (χ0) is 13.2. The van der Waals surface area contributed by atoms with E-state index in [4.69, 9.17) is 9.47 Å². The molecule has 4 heteroatoms. The molecule has 1 aliphatic rings. The van der Waals surface area contributed by atoms with Crippen LogP contribution in [-0.2, 0) is 11.3 Å². The predicted molar refractivity (Wildman–Crippen MR) is 68.7 cm³/mol. The molecule has 1 heterocycles. The van der Waals surface area contributed by atoms with Crippen molar-refractivity contribution < 1.29 is 14.3 Å². The summed E-state index contributed by atoms with van der Waals surface area (Å²) in [5, 5.41) is 2.91. The molecule has 1 aliphatic heterocycles. The van der Waals surface area contributed by atoms with Crippen molar-refractivity contribution in [1.82, 2.24) is 5.32 Å². The van der Waals surface area contributed by atoms with Gasteiger partial charge in [0.15, 0.2) is 11.5 Å². The van der Waals surface area contributed by atoms with Crippen LogP contribution in [0.5, 0.6) is 11.5 Å². The second-order valence-electron chi connectivity index (χ2n) is 5.41. The summed E-state index contributed by atoms with van der Waals surface area (Å²) in [6.07, 6.45) is 0. The number of fused-ring (bicyclic) bond motifs is 1. The van der Waals surface area contributed by atoms with E-state index < -0.39 is 0 Å². The highest BCUT2D eigenvalue weighted by Gasteiger charge is 2.20. The van der Waals surface area contributed by atoms with Gasteiger partial charge in [-0.1, -0.05) is 26.8 Å². The Hall–Kier alpha value is -1.71. The fourth-order valence-corrected chi connectivity index (χ4v) is 1.65. The zero-order valence-electron chi connectivity index (χ0n) is 11.1. The number of hydrogen-bond acceptors (Lipinski definition) is 3. The molecular weight excluding hydrogens is 230 g/mol. The third kappa shape index (κ3) is 2.94. The average molecular weight is 249 g/mol. The fraction of sp³-hybridized carbons (Fsp3) is 0.500. The molecule has 98 valence electrons. The van der Waals surface area contributed by atoms with Crippen molar-refractivity contribution in [2.75, 3.05) is 13.2 Å². The first-order chi connectivity index (χ1) is 8.47. The van der Waals surface area contributed by atoms with Crippen molar-refractivity contribution in [1.29, 1.82) is 0 Å². The maximum Gasteiger partial charge on any atom is 0.225 e. The van der Waals surface area contributed by atoms with Crippen LogP contribution in [0, 0.1) is 5.41 Å². The van der Waals surface area contributed by atoms with Gasteiger partial charge in [0.2, 0.25) is 5.91 Å². The van der Waals surface area contributed by atoms with Gasteiger partial charge >= 0.3 is 0 Å². The zero-order valence-corrected chi connectivity index (χ0v) is 11.1. The topological polar surface area (TPSA) is 47.6 Å². The molecule has 18 heavy (non-hydrogen) atoms. The summed E-state index contributed by atoms with van der Waals surface area (Å²) in [4.78, 5) is 11.8. The number of amides is 1. The van der Waals surface area contributed by atoms with Crippen molar-refractivity contribution in [3.05, 3.63) is 23.8 Å². The molecule has 0 saturated carbocycles. The van der Waals surface area contributed by atoms with Crippen LogP contribution in [0.3, 0.4) is 0 Å². The number of carbonyl (C=O) groups excluding carboxylic acids is 1. The number of ether oxygens (including phenoxy) is 2. The van der Waals surface area contributed by atoms with E-state index in [0.29, 0.717) is 19.8 Å². The lowest BCUT2D eigenvalue weighted by molar-refractivity contribution is -0.128. The molecule has 0 bridgehead atoms. The molecule has 0 radical (unpaired) electrons. The quantitative estimate of drug-likeness (QED) is 0.873. The maximum atomic E-state index is 11.8. The summed E-state index contributed by atoms with van der Waals surface area (Å²) in [6.45, 7) is 7.36. The van der Waals surface area contributed by atoms with Crippen molar-refractivity contribution in [3.63, 3.8) is 0 Å². The maximum absolute atomic E-state index is 11.8. The Morgan fingerprint density at radius 3 is 2.56 bits per heavy atom. The first-order valence-corrected chi connectivity index (χ1v) is 6.13. The van der Waals surface area contributed by atoms with Gasteiger partial charge < -0.3 is 14.8 Å². The number of nitrogens with one attached hydrogen (secondary N) is 1. The summed E-state index contributed by atoms with van der Waals surface area (Å²) in [7, 11) is 0. The molecule has 0 spiro atoms. The standard InChI is InChI=1S/C14H19NO3/c1-14(2,3)13(16)15-9-10-4-5-11-12(8-10)18-7-6-17-11/h4-5,8H,6-7,9H2,1-3H3,(H,15,16). The van der Waals surface area contributed by atoms with Crippen LogP contribution in [0.2, 0.25) is 0 Å². The molecular formula is C14H19NO3. The number of carbonyl (C=O) groups is 1. The summed E-state index contributed by atoms with van der Waals surface area (Å²) < 4.78 is 10.9. The minimum Gasteiger partial charge on any atom is -0.486 e. The Morgan fingerprint density at radius 1 is 1.22 bits per heavy atom. The van der Waals surface area contributed by atoms with Crippen LogP contribution in [0.1, 0.15) is 26.3 Å². The lowest BCUT2D eigenvalue weighted by atomic mass is 9.95. The van der Waals surface area contributed by atoms with Gasteiger partial charge in [-0.15, -0.1) is 0 Å². The van der Waals surface area contributed by atoms with Gasteiger partial charge in [-0.2, -0.15) is 0 Å². The molecule has 0 fully saturated rings. The molecule has 1 amide bonds. The van der Waals surface area contributed by atoms with E-state index in [0.717, 1.165) is 17.1 Å². The number of hydrogen-bond donors (Lipinski definition) is 1. The van der Waals surface area contributed by atoms with Gasteiger partial charge in [-0.3, -0.25) is 4.79 Å². The summed E-state index contributed by atoms with van der Waals surface area (Å²) in [5.74, 6) is 1.56. The van der Waals surface area contributed by atoms with E-state index in [1.165, 1.54) is 0 Å². The minimum atomic E-state index is -0.367. The highest BCUT2D eigenvalue weighted by molar-refractivity contribution is 5.81. The highest BCUT2D eigenvalue weighted by Crippen LogP contribution is 2.30. The van der Waals surface area contributed by atoms with Crippen molar-refractivity contribution >= 4 is 5.91 Å². The molecule has 0 atom stereocenters.